The molecule has 1 aliphatic rings. The first-order chi connectivity index (χ1) is 14.1. The molecule has 2 aromatic carbocycles. The number of hydrogen-bond donors (Lipinski definition) is 2. The van der Waals surface area contributed by atoms with Gasteiger partial charge in [-0.2, -0.15) is 0 Å². The summed E-state index contributed by atoms with van der Waals surface area (Å²) in [5.41, 5.74) is 1.92. The van der Waals surface area contributed by atoms with Gasteiger partial charge in [0.25, 0.3) is 0 Å². The Morgan fingerprint density at radius 1 is 0.862 bits per heavy atom. The summed E-state index contributed by atoms with van der Waals surface area (Å²) in [5.74, 6) is 0.0321. The zero-order valence-electron chi connectivity index (χ0n) is 16.8. The fourth-order valence-electron chi connectivity index (χ4n) is 3.24. The molecule has 0 saturated carbocycles. The van der Waals surface area contributed by atoms with Crippen LogP contribution >= 0.6 is 11.8 Å². The van der Waals surface area contributed by atoms with E-state index >= 15 is 0 Å². The van der Waals surface area contributed by atoms with Crippen molar-refractivity contribution >= 4 is 29.3 Å². The smallest absolute Gasteiger partial charge is 0.238 e. The van der Waals surface area contributed by atoms with E-state index in [2.05, 4.69) is 20.4 Å². The molecule has 6 nitrogen and oxygen atoms in total. The number of piperazine rings is 1. The second-order valence-electron chi connectivity index (χ2n) is 7.09. The van der Waals surface area contributed by atoms with Gasteiger partial charge in [-0.15, -0.1) is 11.8 Å². The third-order valence-corrected chi connectivity index (χ3v) is 5.65. The number of nitrogens with one attached hydrogen (secondary N) is 2. The summed E-state index contributed by atoms with van der Waals surface area (Å²) in [5, 5.41) is 5.91. The summed E-state index contributed by atoms with van der Waals surface area (Å²) in [6.45, 7) is 4.46. The minimum absolute atomic E-state index is 0.00374. The highest BCUT2D eigenvalue weighted by Crippen LogP contribution is 2.17. The quantitative estimate of drug-likeness (QED) is 0.652. The van der Waals surface area contributed by atoms with Crippen LogP contribution in [0.5, 0.6) is 0 Å². The summed E-state index contributed by atoms with van der Waals surface area (Å²) < 4.78 is 0. The zero-order chi connectivity index (χ0) is 20.5. The Balaban J connectivity index is 1.34. The van der Waals surface area contributed by atoms with Gasteiger partial charge < -0.3 is 10.6 Å². The van der Waals surface area contributed by atoms with E-state index in [0.717, 1.165) is 37.4 Å². The van der Waals surface area contributed by atoms with Crippen LogP contribution in [0.3, 0.4) is 0 Å². The van der Waals surface area contributed by atoms with Gasteiger partial charge in [-0.3, -0.25) is 19.4 Å². The molecule has 1 saturated heterocycles. The predicted molar refractivity (Wildman–Crippen MR) is 118 cm³/mol. The number of thioether (sulfide) groups is 1. The van der Waals surface area contributed by atoms with E-state index < -0.39 is 0 Å². The molecular formula is C22H28N4O2S. The molecule has 0 aromatic heterocycles. The van der Waals surface area contributed by atoms with Crippen LogP contribution in [0.25, 0.3) is 0 Å². The normalized spacial score (nSPS) is 15.1. The van der Waals surface area contributed by atoms with Crippen LogP contribution in [0, 0.1) is 0 Å². The minimum Gasteiger partial charge on any atom is -0.351 e. The lowest BCUT2D eigenvalue weighted by Crippen LogP contribution is -2.50. The summed E-state index contributed by atoms with van der Waals surface area (Å²) in [6.07, 6.45) is 2.03. The maximum absolute atomic E-state index is 12.3. The Kier molecular flexibility index (Phi) is 8.10. The highest BCUT2D eigenvalue weighted by Gasteiger charge is 2.20. The molecule has 154 valence electrons. The van der Waals surface area contributed by atoms with Gasteiger partial charge in [0, 0.05) is 43.3 Å². The Bertz CT molecular complexity index is 790. The van der Waals surface area contributed by atoms with E-state index in [0.29, 0.717) is 19.6 Å². The van der Waals surface area contributed by atoms with Crippen molar-refractivity contribution in [2.75, 3.05) is 50.8 Å². The van der Waals surface area contributed by atoms with Gasteiger partial charge in [-0.05, 0) is 36.1 Å². The molecule has 2 N–H and O–H groups in total. The monoisotopic (exact) mass is 412 g/mol. The van der Waals surface area contributed by atoms with Gasteiger partial charge in [0.05, 0.1) is 13.1 Å². The summed E-state index contributed by atoms with van der Waals surface area (Å²) in [4.78, 5) is 29.9. The number of nitrogens with zero attached hydrogens (tertiary/aromatic N) is 2. The Hall–Kier alpha value is -2.35. The van der Waals surface area contributed by atoms with Crippen molar-refractivity contribution in [2.45, 2.75) is 11.4 Å². The SMILES string of the molecule is CSc1ccc(NC(=O)CN2CCN(CC(=O)NCc3ccccc3)CC2)cc1. The molecule has 1 heterocycles. The van der Waals surface area contributed by atoms with Crippen molar-refractivity contribution in [1.82, 2.24) is 15.1 Å². The third kappa shape index (κ3) is 7.20. The lowest BCUT2D eigenvalue weighted by atomic mass is 10.2. The van der Waals surface area contributed by atoms with Gasteiger partial charge in [0.15, 0.2) is 0 Å². The number of benzene rings is 2. The van der Waals surface area contributed by atoms with Crippen LogP contribution in [0.1, 0.15) is 5.56 Å². The molecule has 29 heavy (non-hydrogen) atoms. The Labute approximate surface area is 176 Å². The van der Waals surface area contributed by atoms with Crippen LogP contribution in [-0.4, -0.2) is 67.1 Å². The van der Waals surface area contributed by atoms with Crippen molar-refractivity contribution in [3.05, 3.63) is 60.2 Å². The molecule has 0 unspecified atom stereocenters. The number of hydrogen-bond acceptors (Lipinski definition) is 5. The van der Waals surface area contributed by atoms with E-state index in [4.69, 9.17) is 0 Å². The summed E-state index contributed by atoms with van der Waals surface area (Å²) in [7, 11) is 0. The fraction of sp³-hybridized carbons (Fsp3) is 0.364. The highest BCUT2D eigenvalue weighted by atomic mass is 32.2. The second kappa shape index (κ2) is 11.0. The minimum atomic E-state index is -0.00374. The van der Waals surface area contributed by atoms with E-state index in [1.165, 1.54) is 4.90 Å². The van der Waals surface area contributed by atoms with E-state index in [1.54, 1.807) is 11.8 Å². The number of anilines is 1. The maximum atomic E-state index is 12.3. The van der Waals surface area contributed by atoms with Gasteiger partial charge in [0.1, 0.15) is 0 Å². The summed E-state index contributed by atoms with van der Waals surface area (Å²) in [6, 6.07) is 17.8. The largest absolute Gasteiger partial charge is 0.351 e. The first-order valence-electron chi connectivity index (χ1n) is 9.81. The van der Waals surface area contributed by atoms with Crippen LogP contribution in [0.2, 0.25) is 0 Å². The Morgan fingerprint density at radius 2 is 1.45 bits per heavy atom. The predicted octanol–water partition coefficient (Wildman–Crippen LogP) is 2.28. The molecule has 7 heteroatoms. The average molecular weight is 413 g/mol. The van der Waals surface area contributed by atoms with Crippen molar-refractivity contribution in [3.8, 4) is 0 Å². The van der Waals surface area contributed by atoms with E-state index in [1.807, 2.05) is 60.9 Å². The molecule has 1 aliphatic heterocycles. The number of amides is 2. The van der Waals surface area contributed by atoms with Crippen LogP contribution in [0.15, 0.2) is 59.5 Å². The van der Waals surface area contributed by atoms with Gasteiger partial charge in [0.2, 0.25) is 11.8 Å². The van der Waals surface area contributed by atoms with Gasteiger partial charge >= 0.3 is 0 Å². The molecule has 0 bridgehead atoms. The van der Waals surface area contributed by atoms with E-state index in [-0.39, 0.29) is 11.8 Å². The molecule has 1 fully saturated rings. The Morgan fingerprint density at radius 3 is 2.03 bits per heavy atom. The second-order valence-corrected chi connectivity index (χ2v) is 7.97. The highest BCUT2D eigenvalue weighted by molar-refractivity contribution is 7.98. The fourth-order valence-corrected chi connectivity index (χ4v) is 3.65. The van der Waals surface area contributed by atoms with Gasteiger partial charge in [-0.25, -0.2) is 0 Å². The zero-order valence-corrected chi connectivity index (χ0v) is 17.6. The van der Waals surface area contributed by atoms with Crippen molar-refractivity contribution < 1.29 is 9.59 Å². The molecule has 3 rings (SSSR count). The van der Waals surface area contributed by atoms with Crippen molar-refractivity contribution in [3.63, 3.8) is 0 Å². The third-order valence-electron chi connectivity index (χ3n) is 4.91. The first kappa shape index (κ1) is 21.4. The maximum Gasteiger partial charge on any atom is 0.238 e. The molecule has 0 atom stereocenters. The molecule has 2 aromatic rings. The average Bonchev–Trinajstić information content (AvgIpc) is 2.75. The number of carbonyl (C=O) groups is 2. The topological polar surface area (TPSA) is 64.7 Å². The molecule has 0 aliphatic carbocycles. The molecule has 0 radical (unpaired) electrons. The van der Waals surface area contributed by atoms with Crippen molar-refractivity contribution in [1.29, 1.82) is 0 Å². The molecular weight excluding hydrogens is 384 g/mol. The molecule has 0 spiro atoms. The first-order valence-corrected chi connectivity index (χ1v) is 11.0. The van der Waals surface area contributed by atoms with Crippen molar-refractivity contribution in [2.24, 2.45) is 0 Å². The van der Waals surface area contributed by atoms with E-state index in [9.17, 15) is 9.59 Å². The standard InChI is InChI=1S/C22H28N4O2S/c1-29-20-9-7-19(8-10-20)24-22(28)17-26-13-11-25(12-14-26)16-21(27)23-15-18-5-3-2-4-6-18/h2-10H,11-17H2,1H3,(H,23,27)(H,24,28). The van der Waals surface area contributed by atoms with Gasteiger partial charge in [-0.1, -0.05) is 30.3 Å². The number of rotatable bonds is 8. The lowest BCUT2D eigenvalue weighted by Gasteiger charge is -2.33. The molecule has 2 amide bonds. The van der Waals surface area contributed by atoms with Crippen LogP contribution < -0.4 is 10.6 Å². The lowest BCUT2D eigenvalue weighted by molar-refractivity contribution is -0.123. The van der Waals surface area contributed by atoms with Crippen LogP contribution in [0.4, 0.5) is 5.69 Å². The number of carbonyl (C=O) groups excluding carboxylic acids is 2. The van der Waals surface area contributed by atoms with Crippen LogP contribution in [-0.2, 0) is 16.1 Å². The summed E-state index contributed by atoms with van der Waals surface area (Å²) >= 11 is 1.68.